The summed E-state index contributed by atoms with van der Waals surface area (Å²) in [7, 11) is 0. The number of aryl methyl sites for hydroxylation is 1. The van der Waals surface area contributed by atoms with Gasteiger partial charge in [0.2, 0.25) is 0 Å². The zero-order chi connectivity index (χ0) is 18.1. The predicted octanol–water partition coefficient (Wildman–Crippen LogP) is 4.34. The first kappa shape index (κ1) is 19.2. The third-order valence-corrected chi connectivity index (χ3v) is 4.86. The molecular weight excluding hydrogens is 375 g/mol. The minimum atomic E-state index is -0.484. The molecular formula is C18H26BrFN2O2. The number of hydrogen-bond acceptors (Lipinski definition) is 3. The van der Waals surface area contributed by atoms with Crippen LogP contribution >= 0.6 is 15.9 Å². The van der Waals surface area contributed by atoms with E-state index in [0.717, 1.165) is 16.6 Å². The molecule has 1 heterocycles. The number of nitrogens with zero attached hydrogens (tertiary/aromatic N) is 2. The molecule has 6 heteroatoms. The SMILES string of the molecule is Cc1cc(Br)c(CN2CCN(C(=O)OC(C)(C)C)CC2C)cc1F. The number of ether oxygens (including phenoxy) is 1. The lowest BCUT2D eigenvalue weighted by atomic mass is 10.1. The molecule has 1 saturated heterocycles. The fourth-order valence-corrected chi connectivity index (χ4v) is 3.33. The van der Waals surface area contributed by atoms with Gasteiger partial charge in [-0.1, -0.05) is 15.9 Å². The number of rotatable bonds is 2. The Bertz CT molecular complexity index is 616. The Morgan fingerprint density at radius 2 is 2.04 bits per heavy atom. The standard InChI is InChI=1S/C18H26BrFN2O2/c1-12-8-15(19)14(9-16(12)20)11-21-6-7-22(10-13(21)2)17(23)24-18(3,4)5/h8-9,13H,6-7,10-11H2,1-5H3. The van der Waals surface area contributed by atoms with E-state index in [0.29, 0.717) is 25.2 Å². The van der Waals surface area contributed by atoms with Crippen LogP contribution in [0.4, 0.5) is 9.18 Å². The van der Waals surface area contributed by atoms with Gasteiger partial charge >= 0.3 is 6.09 Å². The van der Waals surface area contributed by atoms with E-state index < -0.39 is 5.60 Å². The first-order chi connectivity index (χ1) is 11.1. The monoisotopic (exact) mass is 400 g/mol. The average molecular weight is 401 g/mol. The molecule has 1 amide bonds. The van der Waals surface area contributed by atoms with Gasteiger partial charge in [0.25, 0.3) is 0 Å². The molecule has 1 aromatic carbocycles. The Balaban J connectivity index is 1.99. The van der Waals surface area contributed by atoms with Gasteiger partial charge in [0.15, 0.2) is 0 Å². The maximum atomic E-state index is 13.8. The summed E-state index contributed by atoms with van der Waals surface area (Å²) < 4.78 is 20.2. The van der Waals surface area contributed by atoms with Crippen LogP contribution in [0, 0.1) is 12.7 Å². The summed E-state index contributed by atoms with van der Waals surface area (Å²) in [6.07, 6.45) is -0.267. The Labute approximate surface area is 152 Å². The topological polar surface area (TPSA) is 32.8 Å². The van der Waals surface area contributed by atoms with Crippen LogP contribution in [0.25, 0.3) is 0 Å². The van der Waals surface area contributed by atoms with Crippen LogP contribution in [0.3, 0.4) is 0 Å². The molecule has 24 heavy (non-hydrogen) atoms. The molecule has 0 spiro atoms. The third-order valence-electron chi connectivity index (χ3n) is 4.12. The van der Waals surface area contributed by atoms with Gasteiger partial charge in [-0.2, -0.15) is 0 Å². The maximum absolute atomic E-state index is 13.8. The molecule has 1 atom stereocenters. The fraction of sp³-hybridized carbons (Fsp3) is 0.611. The van der Waals surface area contributed by atoms with Crippen molar-refractivity contribution in [2.24, 2.45) is 0 Å². The van der Waals surface area contributed by atoms with Crippen molar-refractivity contribution in [3.63, 3.8) is 0 Å². The normalized spacial score (nSPS) is 19.5. The number of amides is 1. The molecule has 1 unspecified atom stereocenters. The summed E-state index contributed by atoms with van der Waals surface area (Å²) in [6.45, 7) is 12.1. The highest BCUT2D eigenvalue weighted by atomic mass is 79.9. The van der Waals surface area contributed by atoms with Crippen LogP contribution in [0.1, 0.15) is 38.8 Å². The summed E-state index contributed by atoms with van der Waals surface area (Å²) in [5.41, 5.74) is 1.07. The van der Waals surface area contributed by atoms with Gasteiger partial charge in [-0.3, -0.25) is 4.90 Å². The van der Waals surface area contributed by atoms with Crippen molar-refractivity contribution < 1.29 is 13.9 Å². The fourth-order valence-electron chi connectivity index (χ4n) is 2.75. The van der Waals surface area contributed by atoms with Crippen LogP contribution < -0.4 is 0 Å². The summed E-state index contributed by atoms with van der Waals surface area (Å²) >= 11 is 3.52. The van der Waals surface area contributed by atoms with Gasteiger partial charge < -0.3 is 9.64 Å². The van der Waals surface area contributed by atoms with Crippen LogP contribution in [0.15, 0.2) is 16.6 Å². The predicted molar refractivity (Wildman–Crippen MR) is 96.5 cm³/mol. The molecule has 1 fully saturated rings. The van der Waals surface area contributed by atoms with Gasteiger partial charge in [0.05, 0.1) is 0 Å². The van der Waals surface area contributed by atoms with Gasteiger partial charge in [-0.15, -0.1) is 0 Å². The average Bonchev–Trinajstić information content (AvgIpc) is 2.44. The minimum absolute atomic E-state index is 0.183. The van der Waals surface area contributed by atoms with Gasteiger partial charge in [-0.25, -0.2) is 9.18 Å². The smallest absolute Gasteiger partial charge is 0.410 e. The van der Waals surface area contributed by atoms with Crippen molar-refractivity contribution in [2.75, 3.05) is 19.6 Å². The van der Waals surface area contributed by atoms with Gasteiger partial charge in [0, 0.05) is 36.7 Å². The number of piperazine rings is 1. The van der Waals surface area contributed by atoms with E-state index in [4.69, 9.17) is 4.74 Å². The summed E-state index contributed by atoms with van der Waals surface area (Å²) in [4.78, 5) is 16.2. The zero-order valence-corrected chi connectivity index (χ0v) is 16.6. The Morgan fingerprint density at radius 1 is 1.38 bits per heavy atom. The molecule has 0 radical (unpaired) electrons. The number of benzene rings is 1. The molecule has 1 aliphatic heterocycles. The molecule has 0 aliphatic carbocycles. The molecule has 0 N–H and O–H groups in total. The zero-order valence-electron chi connectivity index (χ0n) is 15.0. The van der Waals surface area contributed by atoms with E-state index in [9.17, 15) is 9.18 Å². The second-order valence-electron chi connectivity index (χ2n) is 7.44. The minimum Gasteiger partial charge on any atom is -0.444 e. The first-order valence-corrected chi connectivity index (χ1v) is 9.02. The molecule has 0 saturated carbocycles. The highest BCUT2D eigenvalue weighted by Crippen LogP contribution is 2.24. The lowest BCUT2D eigenvalue weighted by Gasteiger charge is -2.40. The van der Waals surface area contributed by atoms with Crippen molar-refractivity contribution in [2.45, 2.75) is 52.8 Å². The van der Waals surface area contributed by atoms with Crippen LogP contribution in [0.5, 0.6) is 0 Å². The molecule has 2 rings (SSSR count). The van der Waals surface area contributed by atoms with Gasteiger partial charge in [0.1, 0.15) is 11.4 Å². The van der Waals surface area contributed by atoms with E-state index in [1.807, 2.05) is 26.8 Å². The lowest BCUT2D eigenvalue weighted by Crippen LogP contribution is -2.54. The van der Waals surface area contributed by atoms with E-state index in [-0.39, 0.29) is 18.0 Å². The maximum Gasteiger partial charge on any atom is 0.410 e. The molecule has 4 nitrogen and oxygen atoms in total. The Hall–Kier alpha value is -1.14. The van der Waals surface area contributed by atoms with Crippen molar-refractivity contribution in [3.05, 3.63) is 33.5 Å². The Kier molecular flexibility index (Phi) is 5.91. The van der Waals surface area contributed by atoms with Crippen molar-refractivity contribution in [1.29, 1.82) is 0 Å². The van der Waals surface area contributed by atoms with Crippen LogP contribution in [0.2, 0.25) is 0 Å². The lowest BCUT2D eigenvalue weighted by molar-refractivity contribution is 0.00458. The summed E-state index contributed by atoms with van der Waals surface area (Å²) in [5, 5.41) is 0. The van der Waals surface area contributed by atoms with E-state index in [1.54, 1.807) is 17.9 Å². The Morgan fingerprint density at radius 3 is 2.62 bits per heavy atom. The second kappa shape index (κ2) is 7.40. The molecule has 0 aromatic heterocycles. The highest BCUT2D eigenvalue weighted by molar-refractivity contribution is 9.10. The van der Waals surface area contributed by atoms with Gasteiger partial charge in [-0.05, 0) is 57.9 Å². The molecule has 1 aromatic rings. The quantitative estimate of drug-likeness (QED) is 0.739. The van der Waals surface area contributed by atoms with E-state index >= 15 is 0 Å². The van der Waals surface area contributed by atoms with E-state index in [1.165, 1.54) is 0 Å². The van der Waals surface area contributed by atoms with Crippen molar-refractivity contribution in [3.8, 4) is 0 Å². The third kappa shape index (κ3) is 4.93. The molecule has 134 valence electrons. The van der Waals surface area contributed by atoms with E-state index in [2.05, 4.69) is 27.8 Å². The molecule has 0 bridgehead atoms. The second-order valence-corrected chi connectivity index (χ2v) is 8.29. The first-order valence-electron chi connectivity index (χ1n) is 8.23. The number of carbonyl (C=O) groups is 1. The largest absolute Gasteiger partial charge is 0.444 e. The number of halogens is 2. The summed E-state index contributed by atoms with van der Waals surface area (Å²) in [5.74, 6) is -0.187. The van der Waals surface area contributed by atoms with Crippen molar-refractivity contribution >= 4 is 22.0 Å². The highest BCUT2D eigenvalue weighted by Gasteiger charge is 2.30. The number of hydrogen-bond donors (Lipinski definition) is 0. The van der Waals surface area contributed by atoms with Crippen molar-refractivity contribution in [1.82, 2.24) is 9.80 Å². The number of carbonyl (C=O) groups excluding carboxylic acids is 1. The molecule has 1 aliphatic rings. The summed E-state index contributed by atoms with van der Waals surface area (Å²) in [6, 6.07) is 3.58. The van der Waals surface area contributed by atoms with Crippen LogP contribution in [-0.2, 0) is 11.3 Å². The van der Waals surface area contributed by atoms with Crippen LogP contribution in [-0.4, -0.2) is 47.2 Å².